The molecule has 6 nitrogen and oxygen atoms in total. The summed E-state index contributed by atoms with van der Waals surface area (Å²) in [6, 6.07) is 0. The maximum atomic E-state index is 13.3. The van der Waals surface area contributed by atoms with Gasteiger partial charge in [-0.2, -0.15) is 0 Å². The summed E-state index contributed by atoms with van der Waals surface area (Å²) in [7, 11) is 0. The molecule has 0 aromatic heterocycles. The van der Waals surface area contributed by atoms with Crippen LogP contribution in [0.1, 0.15) is 57.8 Å². The molecule has 1 N–H and O–H groups in total. The van der Waals surface area contributed by atoms with Gasteiger partial charge >= 0.3 is 5.97 Å². The van der Waals surface area contributed by atoms with Gasteiger partial charge in [-0.05, 0) is 44.4 Å². The molecule has 6 heteroatoms. The summed E-state index contributed by atoms with van der Waals surface area (Å²) in [5.41, 5.74) is -0.737. The Labute approximate surface area is 154 Å². The largest absolute Gasteiger partial charge is 0.481 e. The summed E-state index contributed by atoms with van der Waals surface area (Å²) < 4.78 is 0. The molecular formula is C20H30N2O4. The quantitative estimate of drug-likeness (QED) is 0.834. The molecule has 0 spiro atoms. The number of rotatable bonds is 3. The Balaban J connectivity index is 1.49. The number of nitrogens with zero attached hydrogens (tertiary/aromatic N) is 2. The van der Waals surface area contributed by atoms with Gasteiger partial charge in [0.1, 0.15) is 0 Å². The number of amides is 2. The minimum absolute atomic E-state index is 0.0391. The maximum absolute atomic E-state index is 13.3. The van der Waals surface area contributed by atoms with Crippen molar-refractivity contribution in [2.75, 3.05) is 26.2 Å². The lowest BCUT2D eigenvalue weighted by Crippen LogP contribution is -2.46. The highest BCUT2D eigenvalue weighted by Crippen LogP contribution is 2.49. The van der Waals surface area contributed by atoms with Crippen LogP contribution in [0.25, 0.3) is 0 Å². The number of likely N-dealkylation sites (tertiary alicyclic amines) is 2. The first-order chi connectivity index (χ1) is 12.5. The van der Waals surface area contributed by atoms with Crippen molar-refractivity contribution in [2.24, 2.45) is 23.2 Å². The van der Waals surface area contributed by atoms with Crippen molar-refractivity contribution in [2.45, 2.75) is 57.8 Å². The minimum Gasteiger partial charge on any atom is -0.481 e. The Kier molecular flexibility index (Phi) is 4.70. The fourth-order valence-corrected chi connectivity index (χ4v) is 5.94. The average molecular weight is 362 g/mol. The molecule has 0 bridgehead atoms. The van der Waals surface area contributed by atoms with Gasteiger partial charge in [0.2, 0.25) is 11.8 Å². The predicted molar refractivity (Wildman–Crippen MR) is 95.3 cm³/mol. The van der Waals surface area contributed by atoms with E-state index in [2.05, 4.69) is 0 Å². The van der Waals surface area contributed by atoms with E-state index in [1.807, 2.05) is 4.90 Å². The first-order valence-electron chi connectivity index (χ1n) is 10.3. The van der Waals surface area contributed by atoms with Crippen LogP contribution in [-0.2, 0) is 14.4 Å². The van der Waals surface area contributed by atoms with Crippen molar-refractivity contribution in [3.05, 3.63) is 0 Å². The third-order valence-electron chi connectivity index (χ3n) is 7.43. The van der Waals surface area contributed by atoms with Crippen molar-refractivity contribution < 1.29 is 19.5 Å². The van der Waals surface area contributed by atoms with Crippen molar-refractivity contribution in [3.8, 4) is 0 Å². The van der Waals surface area contributed by atoms with E-state index in [1.165, 1.54) is 0 Å². The van der Waals surface area contributed by atoms with E-state index in [4.69, 9.17) is 0 Å². The van der Waals surface area contributed by atoms with E-state index in [-0.39, 0.29) is 29.6 Å². The molecule has 4 atom stereocenters. The molecular weight excluding hydrogens is 332 g/mol. The second-order valence-corrected chi connectivity index (χ2v) is 8.80. The topological polar surface area (TPSA) is 77.9 Å². The molecule has 4 aliphatic rings. The van der Waals surface area contributed by atoms with Crippen LogP contribution in [0, 0.1) is 23.2 Å². The van der Waals surface area contributed by atoms with Crippen LogP contribution < -0.4 is 0 Å². The van der Waals surface area contributed by atoms with E-state index in [1.54, 1.807) is 4.90 Å². The van der Waals surface area contributed by atoms with E-state index in [0.717, 1.165) is 64.5 Å². The van der Waals surface area contributed by atoms with E-state index in [0.29, 0.717) is 19.5 Å². The van der Waals surface area contributed by atoms with Gasteiger partial charge in [0.15, 0.2) is 0 Å². The van der Waals surface area contributed by atoms with Gasteiger partial charge in [0.25, 0.3) is 0 Å². The summed E-state index contributed by atoms with van der Waals surface area (Å²) in [6.45, 7) is 2.55. The van der Waals surface area contributed by atoms with Gasteiger partial charge < -0.3 is 14.9 Å². The summed E-state index contributed by atoms with van der Waals surface area (Å²) >= 11 is 0. The Hall–Kier alpha value is -1.59. The van der Waals surface area contributed by atoms with Gasteiger partial charge in [0.05, 0.1) is 5.41 Å². The molecule has 2 amide bonds. The average Bonchev–Trinajstić information content (AvgIpc) is 3.35. The lowest BCUT2D eigenvalue weighted by Gasteiger charge is -2.35. The molecule has 144 valence electrons. The van der Waals surface area contributed by atoms with E-state index < -0.39 is 11.4 Å². The maximum Gasteiger partial charge on any atom is 0.311 e. The van der Waals surface area contributed by atoms with Gasteiger partial charge in [0, 0.05) is 38.0 Å². The monoisotopic (exact) mass is 362 g/mol. The number of aliphatic carboxylic acids is 1. The lowest BCUT2D eigenvalue weighted by molar-refractivity contribution is -0.151. The van der Waals surface area contributed by atoms with Crippen LogP contribution in [-0.4, -0.2) is 58.9 Å². The van der Waals surface area contributed by atoms with Crippen molar-refractivity contribution in [3.63, 3.8) is 0 Å². The predicted octanol–water partition coefficient (Wildman–Crippen LogP) is 2.13. The molecule has 4 rings (SSSR count). The Morgan fingerprint density at radius 3 is 2.00 bits per heavy atom. The molecule has 2 saturated heterocycles. The second-order valence-electron chi connectivity index (χ2n) is 8.80. The number of fused-ring (bicyclic) bond motifs is 1. The summed E-state index contributed by atoms with van der Waals surface area (Å²) in [5.74, 6) is -0.911. The highest BCUT2D eigenvalue weighted by molar-refractivity contribution is 5.89. The standard InChI is InChI=1S/C20H30N2O4/c23-17(21-10-3-4-11-21)15-7-1-2-8-16(15)18(24)22-12-14-6-5-9-20(14,13-22)19(25)26/h14-16H,1-13H2,(H,25,26)/t14-,15?,16?,20+/m0/s1. The van der Waals surface area contributed by atoms with Gasteiger partial charge in [-0.3, -0.25) is 14.4 Å². The van der Waals surface area contributed by atoms with Crippen molar-refractivity contribution in [1.82, 2.24) is 9.80 Å². The van der Waals surface area contributed by atoms with Gasteiger partial charge in [-0.1, -0.05) is 19.3 Å². The number of hydrogen-bond acceptors (Lipinski definition) is 3. The zero-order chi connectivity index (χ0) is 18.3. The molecule has 0 aromatic rings. The van der Waals surface area contributed by atoms with E-state index >= 15 is 0 Å². The molecule has 2 unspecified atom stereocenters. The summed E-state index contributed by atoms with van der Waals surface area (Å²) in [5, 5.41) is 9.77. The van der Waals surface area contributed by atoms with E-state index in [9.17, 15) is 19.5 Å². The molecule has 2 heterocycles. The van der Waals surface area contributed by atoms with Crippen molar-refractivity contribution in [1.29, 1.82) is 0 Å². The highest BCUT2D eigenvalue weighted by atomic mass is 16.4. The summed E-state index contributed by atoms with van der Waals surface area (Å²) in [4.78, 5) is 41.9. The normalized spacial score (nSPS) is 37.0. The lowest BCUT2D eigenvalue weighted by atomic mass is 9.77. The van der Waals surface area contributed by atoms with Crippen LogP contribution in [0.5, 0.6) is 0 Å². The zero-order valence-corrected chi connectivity index (χ0v) is 15.5. The van der Waals surface area contributed by atoms with Crippen molar-refractivity contribution >= 4 is 17.8 Å². The molecule has 2 aliphatic heterocycles. The Bertz CT molecular complexity index is 601. The molecule has 2 saturated carbocycles. The highest BCUT2D eigenvalue weighted by Gasteiger charge is 2.56. The zero-order valence-electron chi connectivity index (χ0n) is 15.5. The number of carbonyl (C=O) groups is 3. The third-order valence-corrected chi connectivity index (χ3v) is 7.43. The fraction of sp³-hybridized carbons (Fsp3) is 0.850. The first kappa shape index (κ1) is 17.8. The number of carboxylic acid groups (broad SMARTS) is 1. The van der Waals surface area contributed by atoms with Crippen LogP contribution in [0.15, 0.2) is 0 Å². The smallest absolute Gasteiger partial charge is 0.311 e. The molecule has 26 heavy (non-hydrogen) atoms. The molecule has 2 aliphatic carbocycles. The summed E-state index contributed by atoms with van der Waals surface area (Å²) in [6.07, 6.45) is 8.21. The molecule has 0 radical (unpaired) electrons. The third kappa shape index (κ3) is 2.81. The van der Waals surface area contributed by atoms with Crippen LogP contribution >= 0.6 is 0 Å². The molecule has 4 fully saturated rings. The fourth-order valence-electron chi connectivity index (χ4n) is 5.94. The first-order valence-corrected chi connectivity index (χ1v) is 10.3. The SMILES string of the molecule is O=C(C1CCCCC1C(=O)N1C[C@@H]2CCC[C@@]2(C(=O)O)C1)N1CCCC1. The minimum atomic E-state index is -0.747. The van der Waals surface area contributed by atoms with Crippen LogP contribution in [0.2, 0.25) is 0 Å². The Morgan fingerprint density at radius 2 is 1.42 bits per heavy atom. The number of hydrogen-bond donors (Lipinski definition) is 1. The van der Waals surface area contributed by atoms with Crippen LogP contribution in [0.3, 0.4) is 0 Å². The van der Waals surface area contributed by atoms with Crippen LogP contribution in [0.4, 0.5) is 0 Å². The Morgan fingerprint density at radius 1 is 0.808 bits per heavy atom. The second kappa shape index (κ2) is 6.86. The van der Waals surface area contributed by atoms with Gasteiger partial charge in [-0.15, -0.1) is 0 Å². The molecule has 0 aromatic carbocycles. The van der Waals surface area contributed by atoms with Gasteiger partial charge in [-0.25, -0.2) is 0 Å². The number of carboxylic acids is 1. The number of carbonyl (C=O) groups excluding carboxylic acids is 2.